The van der Waals surface area contributed by atoms with Crippen LogP contribution in [-0.2, 0) is 16.1 Å². The molecule has 2 bridgehead atoms. The van der Waals surface area contributed by atoms with E-state index < -0.39 is 0 Å². The summed E-state index contributed by atoms with van der Waals surface area (Å²) < 4.78 is 18.3. The number of carbonyl (C=O) groups excluding carboxylic acids is 2. The zero-order chi connectivity index (χ0) is 27.5. The smallest absolute Gasteiger partial charge is 0.270 e. The van der Waals surface area contributed by atoms with Crippen molar-refractivity contribution in [2.75, 3.05) is 34.4 Å². The van der Waals surface area contributed by atoms with Crippen LogP contribution in [0.5, 0.6) is 17.2 Å². The van der Waals surface area contributed by atoms with Crippen LogP contribution in [0.1, 0.15) is 55.7 Å². The molecule has 3 aliphatic rings. The maximum atomic E-state index is 14.1. The second-order valence-electron chi connectivity index (χ2n) is 10.7. The van der Waals surface area contributed by atoms with Crippen LogP contribution in [-0.4, -0.2) is 55.7 Å². The SMILES string of the molecule is COc1cc(C=C(NC(=O)C2CCCCC2)C(=O)N2CC3CC(C2)c2cccc(=O)n2C3)cc(OC)c1OC. The normalized spacial score (nSPS) is 21.1. The van der Waals surface area contributed by atoms with Crippen LogP contribution in [0.2, 0.25) is 0 Å². The van der Waals surface area contributed by atoms with Crippen molar-refractivity contribution in [1.29, 1.82) is 0 Å². The second kappa shape index (κ2) is 11.6. The molecule has 1 aliphatic carbocycles. The van der Waals surface area contributed by atoms with Crippen molar-refractivity contribution in [2.45, 2.75) is 51.0 Å². The highest BCUT2D eigenvalue weighted by molar-refractivity contribution is 6.01. The van der Waals surface area contributed by atoms with Gasteiger partial charge in [0.05, 0.1) is 21.3 Å². The van der Waals surface area contributed by atoms with E-state index in [1.54, 1.807) is 30.3 Å². The van der Waals surface area contributed by atoms with Crippen LogP contribution in [0.15, 0.2) is 40.8 Å². The number of piperidine rings is 1. The van der Waals surface area contributed by atoms with Gasteiger partial charge >= 0.3 is 0 Å². The molecular formula is C30H37N3O6. The first-order chi connectivity index (χ1) is 18.9. The summed E-state index contributed by atoms with van der Waals surface area (Å²) in [5, 5.41) is 2.99. The highest BCUT2D eigenvalue weighted by Crippen LogP contribution is 2.39. The fourth-order valence-electron chi connectivity index (χ4n) is 6.33. The number of methoxy groups -OCH3 is 3. The third-order valence-corrected chi connectivity index (χ3v) is 8.23. The fourth-order valence-corrected chi connectivity index (χ4v) is 6.33. The number of likely N-dealkylation sites (tertiary alicyclic amines) is 1. The molecule has 2 atom stereocenters. The molecule has 1 N–H and O–H groups in total. The van der Waals surface area contributed by atoms with Gasteiger partial charge in [0.2, 0.25) is 11.7 Å². The molecule has 0 radical (unpaired) electrons. The second-order valence-corrected chi connectivity index (χ2v) is 10.7. The first-order valence-corrected chi connectivity index (χ1v) is 13.7. The topological polar surface area (TPSA) is 99.1 Å². The van der Waals surface area contributed by atoms with E-state index in [1.165, 1.54) is 21.3 Å². The lowest BCUT2D eigenvalue weighted by atomic mass is 9.83. The van der Waals surface area contributed by atoms with Crippen LogP contribution in [0.4, 0.5) is 0 Å². The van der Waals surface area contributed by atoms with Crippen molar-refractivity contribution >= 4 is 17.9 Å². The Bertz CT molecular complexity index is 1300. The average Bonchev–Trinajstić information content (AvgIpc) is 2.96. The minimum absolute atomic E-state index is 0.00436. The first-order valence-electron chi connectivity index (χ1n) is 13.7. The number of rotatable bonds is 7. The molecule has 2 amide bonds. The molecule has 208 valence electrons. The molecule has 1 aromatic carbocycles. The Morgan fingerprint density at radius 3 is 2.33 bits per heavy atom. The number of amides is 2. The summed E-state index contributed by atoms with van der Waals surface area (Å²) in [6.07, 6.45) is 7.47. The summed E-state index contributed by atoms with van der Waals surface area (Å²) in [7, 11) is 4.61. The molecule has 2 aliphatic heterocycles. The van der Waals surface area contributed by atoms with Crippen LogP contribution >= 0.6 is 0 Å². The van der Waals surface area contributed by atoms with Gasteiger partial charge in [0.15, 0.2) is 11.5 Å². The van der Waals surface area contributed by atoms with Gasteiger partial charge in [-0.2, -0.15) is 0 Å². The predicted molar refractivity (Wildman–Crippen MR) is 147 cm³/mol. The van der Waals surface area contributed by atoms with Crippen LogP contribution in [0.25, 0.3) is 6.08 Å². The predicted octanol–water partition coefficient (Wildman–Crippen LogP) is 3.56. The van der Waals surface area contributed by atoms with Gasteiger partial charge < -0.3 is 29.0 Å². The zero-order valence-corrected chi connectivity index (χ0v) is 22.9. The number of benzene rings is 1. The van der Waals surface area contributed by atoms with E-state index in [9.17, 15) is 14.4 Å². The van der Waals surface area contributed by atoms with E-state index in [4.69, 9.17) is 14.2 Å². The minimum atomic E-state index is -0.227. The van der Waals surface area contributed by atoms with Crippen molar-refractivity contribution in [3.63, 3.8) is 0 Å². The van der Waals surface area contributed by atoms with Gasteiger partial charge in [-0.3, -0.25) is 14.4 Å². The summed E-state index contributed by atoms with van der Waals surface area (Å²) in [5.41, 5.74) is 1.85. The summed E-state index contributed by atoms with van der Waals surface area (Å²) in [5.74, 6) is 1.18. The van der Waals surface area contributed by atoms with Crippen molar-refractivity contribution in [3.8, 4) is 17.2 Å². The van der Waals surface area contributed by atoms with Gasteiger partial charge in [0, 0.05) is 43.2 Å². The van der Waals surface area contributed by atoms with E-state index in [2.05, 4.69) is 5.32 Å². The molecule has 1 saturated carbocycles. The number of nitrogens with zero attached hydrogens (tertiary/aromatic N) is 2. The summed E-state index contributed by atoms with van der Waals surface area (Å²) in [6, 6.07) is 8.87. The van der Waals surface area contributed by atoms with E-state index in [-0.39, 0.29) is 40.8 Å². The van der Waals surface area contributed by atoms with Crippen molar-refractivity contribution in [1.82, 2.24) is 14.8 Å². The van der Waals surface area contributed by atoms with Gasteiger partial charge in [0.1, 0.15) is 5.70 Å². The van der Waals surface area contributed by atoms with Gasteiger partial charge in [0.25, 0.3) is 11.5 Å². The quantitative estimate of drug-likeness (QED) is 0.545. The van der Waals surface area contributed by atoms with Crippen LogP contribution in [0, 0.1) is 11.8 Å². The fraction of sp³-hybridized carbons (Fsp3) is 0.500. The van der Waals surface area contributed by atoms with E-state index in [1.807, 2.05) is 15.5 Å². The molecule has 9 heteroatoms. The Morgan fingerprint density at radius 2 is 1.67 bits per heavy atom. The zero-order valence-electron chi connectivity index (χ0n) is 22.9. The number of hydrogen-bond donors (Lipinski definition) is 1. The number of fused-ring (bicyclic) bond motifs is 4. The average molecular weight is 536 g/mol. The van der Waals surface area contributed by atoms with Gasteiger partial charge in [-0.15, -0.1) is 0 Å². The molecule has 3 heterocycles. The Hall–Kier alpha value is -3.75. The lowest BCUT2D eigenvalue weighted by molar-refractivity contribution is -0.133. The molecule has 5 rings (SSSR count). The number of nitrogens with one attached hydrogen (secondary N) is 1. The van der Waals surface area contributed by atoms with Gasteiger partial charge in [-0.05, 0) is 55.0 Å². The number of carbonyl (C=O) groups is 2. The molecule has 2 aromatic rings. The van der Waals surface area contributed by atoms with Crippen molar-refractivity contribution < 1.29 is 23.8 Å². The lowest BCUT2D eigenvalue weighted by Gasteiger charge is -2.43. The number of pyridine rings is 1. The Kier molecular flexibility index (Phi) is 7.95. The number of aromatic nitrogens is 1. The van der Waals surface area contributed by atoms with Crippen molar-refractivity contribution in [3.05, 3.63) is 57.6 Å². The standard InChI is InChI=1S/C30H37N3O6/c1-37-25-14-19(15-26(38-2)28(25)39-3)13-23(31-29(35)21-8-5-4-6-9-21)30(36)32-16-20-12-22(18-32)24-10-7-11-27(34)33(24)17-20/h7,10-11,13-15,20-22H,4-6,8-9,12,16-18H2,1-3H3,(H,31,35). The third kappa shape index (κ3) is 5.53. The highest BCUT2D eigenvalue weighted by atomic mass is 16.5. The summed E-state index contributed by atoms with van der Waals surface area (Å²) >= 11 is 0. The largest absolute Gasteiger partial charge is 0.493 e. The number of hydrogen-bond acceptors (Lipinski definition) is 6. The molecule has 9 nitrogen and oxygen atoms in total. The Balaban J connectivity index is 1.47. The monoisotopic (exact) mass is 535 g/mol. The van der Waals surface area contributed by atoms with E-state index >= 15 is 0 Å². The maximum absolute atomic E-state index is 14.1. The molecule has 2 fully saturated rings. The van der Waals surface area contributed by atoms with E-state index in [0.717, 1.165) is 44.2 Å². The third-order valence-electron chi connectivity index (χ3n) is 8.23. The molecule has 1 aromatic heterocycles. The van der Waals surface area contributed by atoms with Crippen LogP contribution < -0.4 is 25.1 Å². The highest BCUT2D eigenvalue weighted by Gasteiger charge is 2.37. The number of ether oxygens (including phenoxy) is 3. The van der Waals surface area contributed by atoms with Crippen LogP contribution in [0.3, 0.4) is 0 Å². The summed E-state index contributed by atoms with van der Waals surface area (Å²) in [4.78, 5) is 41.6. The molecule has 39 heavy (non-hydrogen) atoms. The van der Waals surface area contributed by atoms with Gasteiger partial charge in [-0.25, -0.2) is 0 Å². The molecular weight excluding hydrogens is 498 g/mol. The molecule has 1 saturated heterocycles. The first kappa shape index (κ1) is 26.8. The Morgan fingerprint density at radius 1 is 0.949 bits per heavy atom. The van der Waals surface area contributed by atoms with Crippen molar-refractivity contribution in [2.24, 2.45) is 11.8 Å². The lowest BCUT2D eigenvalue weighted by Crippen LogP contribution is -2.51. The van der Waals surface area contributed by atoms with E-state index in [0.29, 0.717) is 42.4 Å². The minimum Gasteiger partial charge on any atom is -0.493 e. The summed E-state index contributed by atoms with van der Waals surface area (Å²) in [6.45, 7) is 1.61. The Labute approximate surface area is 228 Å². The molecule has 2 unspecified atom stereocenters. The molecule has 0 spiro atoms. The maximum Gasteiger partial charge on any atom is 0.270 e. The van der Waals surface area contributed by atoms with Gasteiger partial charge in [-0.1, -0.05) is 25.3 Å².